The van der Waals surface area contributed by atoms with E-state index in [-0.39, 0.29) is 6.42 Å². The monoisotopic (exact) mass is 149 g/mol. The van der Waals surface area contributed by atoms with Crippen molar-refractivity contribution in [2.45, 2.75) is 44.1 Å². The lowest BCUT2D eigenvalue weighted by molar-refractivity contribution is 0.105. The van der Waals surface area contributed by atoms with E-state index in [0.717, 1.165) is 25.7 Å². The minimum absolute atomic E-state index is 0.118. The summed E-state index contributed by atoms with van der Waals surface area (Å²) in [7, 11) is 0. The quantitative estimate of drug-likeness (QED) is 0.637. The second kappa shape index (κ2) is 2.82. The van der Waals surface area contributed by atoms with Crippen molar-refractivity contribution >= 4 is 0 Å². The Kier molecular flexibility index (Phi) is 2.24. The maximum atomic E-state index is 11.9. The van der Waals surface area contributed by atoms with E-state index in [9.17, 15) is 8.78 Å². The summed E-state index contributed by atoms with van der Waals surface area (Å²) < 4.78 is 23.7. The summed E-state index contributed by atoms with van der Waals surface area (Å²) in [5.74, 6) is 0. The fraction of sp³-hybridized carbons (Fsp3) is 1.00. The molecule has 1 rings (SSSR count). The summed E-state index contributed by atoms with van der Waals surface area (Å²) in [5.41, 5.74) is 5.15. The van der Waals surface area contributed by atoms with E-state index in [0.29, 0.717) is 0 Å². The summed E-state index contributed by atoms with van der Waals surface area (Å²) in [6, 6.07) is 0. The van der Waals surface area contributed by atoms with Crippen molar-refractivity contribution in [3.8, 4) is 0 Å². The molecular formula is C7H13F2N. The molecule has 0 heterocycles. The van der Waals surface area contributed by atoms with Crippen LogP contribution in [-0.2, 0) is 0 Å². The fourth-order valence-electron chi connectivity index (χ4n) is 1.59. The van der Waals surface area contributed by atoms with Crippen molar-refractivity contribution in [2.24, 2.45) is 5.73 Å². The van der Waals surface area contributed by atoms with Crippen LogP contribution in [0.3, 0.4) is 0 Å². The van der Waals surface area contributed by atoms with Gasteiger partial charge < -0.3 is 5.73 Å². The van der Waals surface area contributed by atoms with Gasteiger partial charge in [0, 0.05) is 12.0 Å². The Hall–Kier alpha value is -0.180. The molecule has 0 aromatic carbocycles. The number of rotatable bonds is 2. The molecule has 0 amide bonds. The zero-order chi connectivity index (χ0) is 7.61. The van der Waals surface area contributed by atoms with Gasteiger partial charge in [-0.25, -0.2) is 8.78 Å². The predicted molar refractivity (Wildman–Crippen MR) is 36.0 cm³/mol. The first-order valence-electron chi connectivity index (χ1n) is 3.69. The molecule has 60 valence electrons. The van der Waals surface area contributed by atoms with E-state index in [1.807, 2.05) is 0 Å². The number of halogens is 2. The molecule has 1 aliphatic carbocycles. The molecular weight excluding hydrogens is 136 g/mol. The third-order valence-electron chi connectivity index (χ3n) is 2.16. The lowest BCUT2D eigenvalue weighted by Gasteiger charge is -2.22. The second-order valence-electron chi connectivity index (χ2n) is 3.16. The van der Waals surface area contributed by atoms with E-state index in [4.69, 9.17) is 5.73 Å². The van der Waals surface area contributed by atoms with E-state index < -0.39 is 12.0 Å². The Balaban J connectivity index is 2.36. The van der Waals surface area contributed by atoms with Crippen molar-refractivity contribution in [1.29, 1.82) is 0 Å². The molecule has 0 aromatic rings. The van der Waals surface area contributed by atoms with Crippen LogP contribution < -0.4 is 5.73 Å². The normalized spacial score (nSPS) is 24.0. The van der Waals surface area contributed by atoms with E-state index in [2.05, 4.69) is 0 Å². The summed E-state index contributed by atoms with van der Waals surface area (Å²) in [6.07, 6.45) is 1.23. The Morgan fingerprint density at radius 3 is 2.20 bits per heavy atom. The van der Waals surface area contributed by atoms with Gasteiger partial charge in [-0.15, -0.1) is 0 Å². The van der Waals surface area contributed by atoms with Crippen molar-refractivity contribution < 1.29 is 8.78 Å². The van der Waals surface area contributed by atoms with Crippen molar-refractivity contribution in [3.05, 3.63) is 0 Å². The molecule has 1 fully saturated rings. The van der Waals surface area contributed by atoms with Gasteiger partial charge in [0.05, 0.1) is 0 Å². The smallest absolute Gasteiger partial charge is 0.240 e. The van der Waals surface area contributed by atoms with Crippen molar-refractivity contribution in [1.82, 2.24) is 0 Å². The molecule has 0 spiro atoms. The minimum atomic E-state index is -2.23. The van der Waals surface area contributed by atoms with Crippen LogP contribution >= 0.6 is 0 Å². The highest BCUT2D eigenvalue weighted by molar-refractivity contribution is 4.89. The molecule has 2 N–H and O–H groups in total. The molecule has 10 heavy (non-hydrogen) atoms. The molecule has 0 radical (unpaired) electrons. The lowest BCUT2D eigenvalue weighted by atomic mass is 9.95. The topological polar surface area (TPSA) is 26.0 Å². The van der Waals surface area contributed by atoms with Gasteiger partial charge in [0.15, 0.2) is 0 Å². The number of hydrogen-bond donors (Lipinski definition) is 1. The van der Waals surface area contributed by atoms with E-state index >= 15 is 0 Å². The molecule has 0 aromatic heterocycles. The fourth-order valence-corrected chi connectivity index (χ4v) is 1.59. The van der Waals surface area contributed by atoms with Gasteiger partial charge in [0.25, 0.3) is 0 Å². The molecule has 1 aliphatic rings. The predicted octanol–water partition coefficient (Wildman–Crippen LogP) is 1.91. The molecule has 1 nitrogen and oxygen atoms in total. The van der Waals surface area contributed by atoms with Gasteiger partial charge in [-0.2, -0.15) is 0 Å². The lowest BCUT2D eigenvalue weighted by Crippen LogP contribution is -2.38. The van der Waals surface area contributed by atoms with Gasteiger partial charge in [0.2, 0.25) is 6.43 Å². The summed E-state index contributed by atoms with van der Waals surface area (Å²) in [4.78, 5) is 0. The van der Waals surface area contributed by atoms with Gasteiger partial charge in [-0.1, -0.05) is 12.8 Å². The molecule has 0 unspecified atom stereocenters. The molecule has 1 saturated carbocycles. The highest BCUT2D eigenvalue weighted by Gasteiger charge is 2.31. The number of hydrogen-bond acceptors (Lipinski definition) is 1. The maximum absolute atomic E-state index is 11.9. The standard InChI is InChI=1S/C7H13F2N/c8-6(9)5-7(10)3-1-2-4-7/h6H,1-5,10H2. The Morgan fingerprint density at radius 1 is 1.30 bits per heavy atom. The zero-order valence-corrected chi connectivity index (χ0v) is 5.95. The first-order valence-corrected chi connectivity index (χ1v) is 3.69. The van der Waals surface area contributed by atoms with Gasteiger partial charge in [-0.05, 0) is 12.8 Å². The van der Waals surface area contributed by atoms with Crippen LogP contribution in [0.1, 0.15) is 32.1 Å². The largest absolute Gasteiger partial charge is 0.325 e. The maximum Gasteiger partial charge on any atom is 0.240 e. The van der Waals surface area contributed by atoms with E-state index in [1.165, 1.54) is 0 Å². The highest BCUT2D eigenvalue weighted by atomic mass is 19.3. The minimum Gasteiger partial charge on any atom is -0.325 e. The van der Waals surface area contributed by atoms with E-state index in [1.54, 1.807) is 0 Å². The third kappa shape index (κ3) is 1.90. The summed E-state index contributed by atoms with van der Waals surface area (Å²) in [6.45, 7) is 0. The SMILES string of the molecule is NC1(CC(F)F)CCCC1. The Labute approximate surface area is 59.6 Å². The Bertz CT molecular complexity index is 108. The van der Waals surface area contributed by atoms with Gasteiger partial charge >= 0.3 is 0 Å². The average molecular weight is 149 g/mol. The van der Waals surface area contributed by atoms with Crippen molar-refractivity contribution in [2.75, 3.05) is 0 Å². The molecule has 0 saturated heterocycles. The van der Waals surface area contributed by atoms with Crippen LogP contribution in [0.5, 0.6) is 0 Å². The van der Waals surface area contributed by atoms with Gasteiger partial charge in [-0.3, -0.25) is 0 Å². The molecule has 0 atom stereocenters. The molecule has 3 heteroatoms. The number of alkyl halides is 2. The van der Waals surface area contributed by atoms with Crippen LogP contribution in [0.4, 0.5) is 8.78 Å². The third-order valence-corrected chi connectivity index (χ3v) is 2.16. The van der Waals surface area contributed by atoms with Crippen LogP contribution in [0.25, 0.3) is 0 Å². The first kappa shape index (κ1) is 7.92. The molecule has 0 bridgehead atoms. The summed E-state index contributed by atoms with van der Waals surface area (Å²) >= 11 is 0. The first-order chi connectivity index (χ1) is 4.62. The summed E-state index contributed by atoms with van der Waals surface area (Å²) in [5, 5.41) is 0. The average Bonchev–Trinajstić information content (AvgIpc) is 2.12. The van der Waals surface area contributed by atoms with Crippen LogP contribution in [0.15, 0.2) is 0 Å². The van der Waals surface area contributed by atoms with Crippen molar-refractivity contribution in [3.63, 3.8) is 0 Å². The van der Waals surface area contributed by atoms with Gasteiger partial charge in [0.1, 0.15) is 0 Å². The Morgan fingerprint density at radius 2 is 1.80 bits per heavy atom. The van der Waals surface area contributed by atoms with Crippen LogP contribution in [0.2, 0.25) is 0 Å². The highest BCUT2D eigenvalue weighted by Crippen LogP contribution is 2.31. The molecule has 0 aliphatic heterocycles. The van der Waals surface area contributed by atoms with Crippen LogP contribution in [0, 0.1) is 0 Å². The van der Waals surface area contributed by atoms with Crippen LogP contribution in [-0.4, -0.2) is 12.0 Å². The zero-order valence-electron chi connectivity index (χ0n) is 5.95. The second-order valence-corrected chi connectivity index (χ2v) is 3.16. The number of nitrogens with two attached hydrogens (primary N) is 1.